The van der Waals surface area contributed by atoms with E-state index in [2.05, 4.69) is 0 Å². The highest BCUT2D eigenvalue weighted by Gasteiger charge is 2.26. The number of ether oxygens (including phenoxy) is 2. The molecular formula is C13H18O3. The smallest absolute Gasteiger partial charge is 0.124 e. The van der Waals surface area contributed by atoms with Crippen molar-refractivity contribution in [3.63, 3.8) is 0 Å². The van der Waals surface area contributed by atoms with Crippen molar-refractivity contribution >= 4 is 0 Å². The Kier molecular flexibility index (Phi) is 3.67. The van der Waals surface area contributed by atoms with E-state index in [0.29, 0.717) is 6.61 Å². The van der Waals surface area contributed by atoms with Crippen LogP contribution >= 0.6 is 0 Å². The SMILES string of the molecule is CCOc1ccc(OC2CCCC2O)cc1. The monoisotopic (exact) mass is 222 g/mol. The molecule has 1 N–H and O–H groups in total. The van der Waals surface area contributed by atoms with Crippen LogP contribution in [0.5, 0.6) is 11.5 Å². The van der Waals surface area contributed by atoms with E-state index in [1.54, 1.807) is 0 Å². The van der Waals surface area contributed by atoms with Gasteiger partial charge in [0.25, 0.3) is 0 Å². The Labute approximate surface area is 96.0 Å². The standard InChI is InChI=1S/C13H18O3/c1-2-15-10-6-8-11(9-7-10)16-13-5-3-4-12(13)14/h6-9,12-14H,2-5H2,1H3. The lowest BCUT2D eigenvalue weighted by Gasteiger charge is -2.17. The maximum Gasteiger partial charge on any atom is 0.124 e. The van der Waals surface area contributed by atoms with Gasteiger partial charge in [-0.3, -0.25) is 0 Å². The molecule has 0 radical (unpaired) electrons. The molecular weight excluding hydrogens is 204 g/mol. The molecule has 1 saturated carbocycles. The van der Waals surface area contributed by atoms with Gasteiger partial charge >= 0.3 is 0 Å². The fourth-order valence-corrected chi connectivity index (χ4v) is 2.00. The summed E-state index contributed by atoms with van der Waals surface area (Å²) < 4.78 is 11.1. The first kappa shape index (κ1) is 11.3. The zero-order valence-corrected chi connectivity index (χ0v) is 9.56. The first-order valence-electron chi connectivity index (χ1n) is 5.87. The lowest BCUT2D eigenvalue weighted by Crippen LogP contribution is -2.25. The number of hydrogen-bond acceptors (Lipinski definition) is 3. The molecule has 2 atom stereocenters. The average Bonchev–Trinajstić information content (AvgIpc) is 2.68. The van der Waals surface area contributed by atoms with Gasteiger partial charge in [-0.05, 0) is 50.5 Å². The van der Waals surface area contributed by atoms with Crippen molar-refractivity contribution in [3.8, 4) is 11.5 Å². The zero-order valence-electron chi connectivity index (χ0n) is 9.56. The van der Waals surface area contributed by atoms with Crippen LogP contribution in [0.15, 0.2) is 24.3 Å². The van der Waals surface area contributed by atoms with Gasteiger partial charge in [0, 0.05) is 0 Å². The third-order valence-corrected chi connectivity index (χ3v) is 2.84. The molecule has 1 aliphatic rings. The number of aliphatic hydroxyl groups is 1. The molecule has 0 saturated heterocycles. The van der Waals surface area contributed by atoms with Gasteiger partial charge in [-0.25, -0.2) is 0 Å². The van der Waals surface area contributed by atoms with Crippen LogP contribution in [0.25, 0.3) is 0 Å². The molecule has 0 spiro atoms. The van der Waals surface area contributed by atoms with Gasteiger partial charge in [0.15, 0.2) is 0 Å². The van der Waals surface area contributed by atoms with E-state index >= 15 is 0 Å². The van der Waals surface area contributed by atoms with Crippen molar-refractivity contribution < 1.29 is 14.6 Å². The Morgan fingerprint density at radius 1 is 1.19 bits per heavy atom. The topological polar surface area (TPSA) is 38.7 Å². The first-order chi connectivity index (χ1) is 7.79. The molecule has 1 aromatic rings. The van der Waals surface area contributed by atoms with Gasteiger partial charge in [0.2, 0.25) is 0 Å². The van der Waals surface area contributed by atoms with Crippen LogP contribution in [0.1, 0.15) is 26.2 Å². The summed E-state index contributed by atoms with van der Waals surface area (Å²) in [7, 11) is 0. The lowest BCUT2D eigenvalue weighted by atomic mass is 10.2. The molecule has 88 valence electrons. The van der Waals surface area contributed by atoms with Gasteiger partial charge in [0.1, 0.15) is 17.6 Å². The summed E-state index contributed by atoms with van der Waals surface area (Å²) in [5.74, 6) is 1.65. The Morgan fingerprint density at radius 2 is 1.88 bits per heavy atom. The second-order valence-corrected chi connectivity index (χ2v) is 4.06. The molecule has 0 aromatic heterocycles. The van der Waals surface area contributed by atoms with Crippen molar-refractivity contribution in [2.75, 3.05) is 6.61 Å². The molecule has 2 unspecified atom stereocenters. The molecule has 1 fully saturated rings. The van der Waals surface area contributed by atoms with Crippen molar-refractivity contribution in [3.05, 3.63) is 24.3 Å². The quantitative estimate of drug-likeness (QED) is 0.850. The summed E-state index contributed by atoms with van der Waals surface area (Å²) in [6.45, 7) is 2.63. The van der Waals surface area contributed by atoms with Gasteiger partial charge in [-0.1, -0.05) is 0 Å². The molecule has 1 aliphatic carbocycles. The molecule has 0 bridgehead atoms. The van der Waals surface area contributed by atoms with Gasteiger partial charge < -0.3 is 14.6 Å². The fourth-order valence-electron chi connectivity index (χ4n) is 2.00. The van der Waals surface area contributed by atoms with E-state index < -0.39 is 0 Å². The van der Waals surface area contributed by atoms with E-state index in [0.717, 1.165) is 30.8 Å². The predicted octanol–water partition coefficient (Wildman–Crippen LogP) is 2.38. The first-order valence-corrected chi connectivity index (χ1v) is 5.87. The molecule has 0 aliphatic heterocycles. The third-order valence-electron chi connectivity index (χ3n) is 2.84. The van der Waals surface area contributed by atoms with Crippen LogP contribution in [-0.2, 0) is 0 Å². The van der Waals surface area contributed by atoms with Gasteiger partial charge in [-0.2, -0.15) is 0 Å². The summed E-state index contributed by atoms with van der Waals surface area (Å²) in [6.07, 6.45) is 2.48. The molecule has 16 heavy (non-hydrogen) atoms. The van der Waals surface area contributed by atoms with E-state index in [4.69, 9.17) is 9.47 Å². The molecule has 3 heteroatoms. The van der Waals surface area contributed by atoms with E-state index in [1.165, 1.54) is 0 Å². The minimum Gasteiger partial charge on any atom is -0.494 e. The van der Waals surface area contributed by atoms with Gasteiger partial charge in [-0.15, -0.1) is 0 Å². The summed E-state index contributed by atoms with van der Waals surface area (Å²) in [5.41, 5.74) is 0. The molecule has 0 amide bonds. The average molecular weight is 222 g/mol. The predicted molar refractivity (Wildman–Crippen MR) is 61.9 cm³/mol. The Morgan fingerprint density at radius 3 is 2.44 bits per heavy atom. The van der Waals surface area contributed by atoms with Crippen LogP contribution in [0.4, 0.5) is 0 Å². The van der Waals surface area contributed by atoms with Crippen LogP contribution in [0.2, 0.25) is 0 Å². The molecule has 3 nitrogen and oxygen atoms in total. The van der Waals surface area contributed by atoms with Crippen LogP contribution in [-0.4, -0.2) is 23.9 Å². The molecule has 0 heterocycles. The summed E-state index contributed by atoms with van der Waals surface area (Å²) in [6, 6.07) is 7.55. The summed E-state index contributed by atoms with van der Waals surface area (Å²) in [4.78, 5) is 0. The van der Waals surface area contributed by atoms with Crippen LogP contribution in [0, 0.1) is 0 Å². The second kappa shape index (κ2) is 5.21. The highest BCUT2D eigenvalue weighted by atomic mass is 16.5. The third kappa shape index (κ3) is 2.67. The second-order valence-electron chi connectivity index (χ2n) is 4.06. The van der Waals surface area contributed by atoms with E-state index in [9.17, 15) is 5.11 Å². The summed E-state index contributed by atoms with van der Waals surface area (Å²) in [5, 5.41) is 9.64. The van der Waals surface area contributed by atoms with Crippen LogP contribution in [0.3, 0.4) is 0 Å². The van der Waals surface area contributed by atoms with Gasteiger partial charge in [0.05, 0.1) is 12.7 Å². The Hall–Kier alpha value is -1.22. The number of benzene rings is 1. The maximum atomic E-state index is 9.64. The number of hydrogen-bond donors (Lipinski definition) is 1. The summed E-state index contributed by atoms with van der Waals surface area (Å²) >= 11 is 0. The number of rotatable bonds is 4. The van der Waals surface area contributed by atoms with Crippen molar-refractivity contribution in [1.82, 2.24) is 0 Å². The van der Waals surface area contributed by atoms with Crippen molar-refractivity contribution in [1.29, 1.82) is 0 Å². The number of aliphatic hydroxyl groups excluding tert-OH is 1. The maximum absolute atomic E-state index is 9.64. The highest BCUT2D eigenvalue weighted by molar-refractivity contribution is 5.31. The minimum absolute atomic E-state index is 0.0436. The van der Waals surface area contributed by atoms with E-state index in [1.807, 2.05) is 31.2 Å². The minimum atomic E-state index is -0.313. The molecule has 2 rings (SSSR count). The van der Waals surface area contributed by atoms with E-state index in [-0.39, 0.29) is 12.2 Å². The zero-order chi connectivity index (χ0) is 11.4. The Bertz CT molecular complexity index is 320. The van der Waals surface area contributed by atoms with Crippen LogP contribution < -0.4 is 9.47 Å². The lowest BCUT2D eigenvalue weighted by molar-refractivity contribution is 0.0603. The van der Waals surface area contributed by atoms with Crippen molar-refractivity contribution in [2.24, 2.45) is 0 Å². The normalized spacial score (nSPS) is 24.4. The highest BCUT2D eigenvalue weighted by Crippen LogP contribution is 2.25. The largest absolute Gasteiger partial charge is 0.494 e. The molecule has 1 aromatic carbocycles. The Balaban J connectivity index is 1.94. The van der Waals surface area contributed by atoms with Crippen molar-refractivity contribution in [2.45, 2.75) is 38.4 Å². The fraction of sp³-hybridized carbons (Fsp3) is 0.538.